The Kier molecular flexibility index (Phi) is 78.2. The van der Waals surface area contributed by atoms with Crippen LogP contribution in [0.5, 0.6) is 0 Å². The van der Waals surface area contributed by atoms with Crippen molar-refractivity contribution in [3.05, 3.63) is 0 Å². The van der Waals surface area contributed by atoms with Crippen LogP contribution in [0.25, 0.3) is 0 Å². The van der Waals surface area contributed by atoms with Crippen molar-refractivity contribution in [1.29, 1.82) is 0 Å². The summed E-state index contributed by atoms with van der Waals surface area (Å²) < 4.78 is 68.9. The molecular formula is C87H170O17P2. The van der Waals surface area contributed by atoms with Crippen LogP contribution < -0.4 is 0 Å². The fourth-order valence-electron chi connectivity index (χ4n) is 13.6. The zero-order valence-electron chi connectivity index (χ0n) is 69.6. The van der Waals surface area contributed by atoms with Crippen molar-refractivity contribution >= 4 is 39.5 Å². The number of rotatable bonds is 87. The summed E-state index contributed by atoms with van der Waals surface area (Å²) in [5.74, 6) is -1.37. The van der Waals surface area contributed by atoms with Crippen molar-refractivity contribution < 1.29 is 80.2 Å². The van der Waals surface area contributed by atoms with E-state index in [1.165, 1.54) is 289 Å². The first-order valence-corrected chi connectivity index (χ1v) is 48.2. The molecule has 17 nitrogen and oxygen atoms in total. The Morgan fingerprint density at radius 2 is 0.453 bits per heavy atom. The summed E-state index contributed by atoms with van der Waals surface area (Å²) in [6.45, 7) is 7.33. The third-order valence-corrected chi connectivity index (χ3v) is 22.8. The van der Waals surface area contributed by atoms with E-state index in [-0.39, 0.29) is 25.7 Å². The summed E-state index contributed by atoms with van der Waals surface area (Å²) in [7, 11) is -9.93. The first kappa shape index (κ1) is 104. The molecule has 0 aliphatic heterocycles. The fraction of sp³-hybridized carbons (Fsp3) is 0.954. The Morgan fingerprint density at radius 3 is 0.670 bits per heavy atom. The molecule has 0 heterocycles. The fourth-order valence-corrected chi connectivity index (χ4v) is 15.2. The van der Waals surface area contributed by atoms with Crippen LogP contribution in [-0.2, 0) is 65.4 Å². The smallest absolute Gasteiger partial charge is 0.462 e. The van der Waals surface area contributed by atoms with Gasteiger partial charge in [-0.25, -0.2) is 9.13 Å². The maximum absolute atomic E-state index is 13.2. The second kappa shape index (κ2) is 79.7. The number of aliphatic hydroxyl groups is 1. The van der Waals surface area contributed by atoms with Crippen LogP contribution in [0.1, 0.15) is 471 Å². The molecule has 0 aromatic carbocycles. The summed E-state index contributed by atoms with van der Waals surface area (Å²) in [4.78, 5) is 73.2. The van der Waals surface area contributed by atoms with E-state index in [0.717, 1.165) is 102 Å². The summed E-state index contributed by atoms with van der Waals surface area (Å²) in [5.41, 5.74) is 0. The van der Waals surface area contributed by atoms with Crippen LogP contribution in [0.4, 0.5) is 0 Å². The lowest BCUT2D eigenvalue weighted by Crippen LogP contribution is -2.30. The third kappa shape index (κ3) is 78.7. The van der Waals surface area contributed by atoms with Gasteiger partial charge in [-0.1, -0.05) is 420 Å². The van der Waals surface area contributed by atoms with E-state index in [4.69, 9.17) is 37.0 Å². The average molecular weight is 1550 g/mol. The van der Waals surface area contributed by atoms with Crippen LogP contribution in [0.15, 0.2) is 0 Å². The topological polar surface area (TPSA) is 237 Å². The lowest BCUT2D eigenvalue weighted by Gasteiger charge is -2.21. The van der Waals surface area contributed by atoms with Crippen molar-refractivity contribution in [3.63, 3.8) is 0 Å². The minimum absolute atomic E-state index is 0.108. The van der Waals surface area contributed by atoms with Gasteiger partial charge < -0.3 is 33.8 Å². The lowest BCUT2D eigenvalue weighted by atomic mass is 10.00. The van der Waals surface area contributed by atoms with Crippen molar-refractivity contribution in [2.24, 2.45) is 5.92 Å². The molecule has 0 aromatic heterocycles. The lowest BCUT2D eigenvalue weighted by molar-refractivity contribution is -0.161. The Hall–Kier alpha value is -1.94. The van der Waals surface area contributed by atoms with Gasteiger partial charge in [0, 0.05) is 25.7 Å². The molecule has 0 radical (unpaired) electrons. The quantitative estimate of drug-likeness (QED) is 0.0222. The Bertz CT molecular complexity index is 2020. The standard InChI is InChI=1S/C87H170O17P2/c1-6-10-13-16-19-22-25-28-31-34-35-36-37-38-41-44-47-50-53-56-63-67-72-86(91)103-82(76-97-84(89)70-65-60-54-51-48-45-42-39-32-29-26-23-20-17-14-11-7-2)78-101-105(93,94)99-74-81(88)75-100-106(95,96)102-79-83(77-98-85(90)71-66-61-58-57-59-64-69-80(5)9-4)104-87(92)73-68-62-55-52-49-46-43-40-33-30-27-24-21-18-15-12-8-3/h80-83,88H,6-79H2,1-5H3,(H,93,94)(H,95,96)/t80?,81-,82-,83-/m1/s1. The van der Waals surface area contributed by atoms with Gasteiger partial charge in [0.15, 0.2) is 12.2 Å². The number of unbranched alkanes of at least 4 members (excludes halogenated alkanes) is 58. The van der Waals surface area contributed by atoms with Gasteiger partial charge >= 0.3 is 39.5 Å². The van der Waals surface area contributed by atoms with Gasteiger partial charge in [0.05, 0.1) is 26.4 Å². The molecule has 106 heavy (non-hydrogen) atoms. The molecule has 0 spiro atoms. The Balaban J connectivity index is 5.22. The van der Waals surface area contributed by atoms with E-state index in [2.05, 4.69) is 34.6 Å². The predicted molar refractivity (Wildman–Crippen MR) is 437 cm³/mol. The number of carbonyl (C=O) groups excluding carboxylic acids is 4. The molecule has 3 N–H and O–H groups in total. The van der Waals surface area contributed by atoms with Gasteiger partial charge in [-0.15, -0.1) is 0 Å². The first-order valence-electron chi connectivity index (χ1n) is 45.2. The highest BCUT2D eigenvalue weighted by molar-refractivity contribution is 7.47. The zero-order chi connectivity index (χ0) is 77.6. The molecule has 0 bridgehead atoms. The molecule has 0 aromatic rings. The van der Waals surface area contributed by atoms with Crippen molar-refractivity contribution in [3.8, 4) is 0 Å². The highest BCUT2D eigenvalue weighted by atomic mass is 31.2. The molecule has 19 heteroatoms. The monoisotopic (exact) mass is 1550 g/mol. The van der Waals surface area contributed by atoms with E-state index in [9.17, 15) is 43.2 Å². The molecule has 0 rings (SSSR count). The summed E-state index contributed by atoms with van der Waals surface area (Å²) >= 11 is 0. The summed E-state index contributed by atoms with van der Waals surface area (Å²) in [6.07, 6.45) is 73.7. The molecule has 6 atom stereocenters. The van der Waals surface area contributed by atoms with Crippen LogP contribution in [0, 0.1) is 5.92 Å². The second-order valence-corrected chi connectivity index (χ2v) is 34.4. The van der Waals surface area contributed by atoms with Gasteiger partial charge in [0.25, 0.3) is 0 Å². The van der Waals surface area contributed by atoms with Gasteiger partial charge in [-0.05, 0) is 31.6 Å². The van der Waals surface area contributed by atoms with Crippen molar-refractivity contribution in [2.45, 2.75) is 490 Å². The number of carbonyl (C=O) groups is 4. The third-order valence-electron chi connectivity index (χ3n) is 20.9. The van der Waals surface area contributed by atoms with Crippen LogP contribution in [0.3, 0.4) is 0 Å². The highest BCUT2D eigenvalue weighted by Crippen LogP contribution is 2.45. The number of esters is 4. The van der Waals surface area contributed by atoms with Gasteiger partial charge in [0.2, 0.25) is 0 Å². The van der Waals surface area contributed by atoms with E-state index in [1.54, 1.807) is 0 Å². The Labute approximate surface area is 651 Å². The molecular weight excluding hydrogens is 1380 g/mol. The van der Waals surface area contributed by atoms with E-state index in [1.807, 2.05) is 0 Å². The molecule has 0 amide bonds. The maximum Gasteiger partial charge on any atom is 0.472 e. The molecule has 0 aliphatic carbocycles. The van der Waals surface area contributed by atoms with Crippen LogP contribution in [-0.4, -0.2) is 96.7 Å². The molecule has 630 valence electrons. The summed E-state index contributed by atoms with van der Waals surface area (Å²) in [6, 6.07) is 0. The number of aliphatic hydroxyl groups excluding tert-OH is 1. The minimum Gasteiger partial charge on any atom is -0.462 e. The van der Waals surface area contributed by atoms with E-state index >= 15 is 0 Å². The highest BCUT2D eigenvalue weighted by Gasteiger charge is 2.30. The number of phosphoric acid groups is 2. The normalized spacial score (nSPS) is 14.0. The van der Waals surface area contributed by atoms with Gasteiger partial charge in [-0.2, -0.15) is 0 Å². The largest absolute Gasteiger partial charge is 0.472 e. The molecule has 0 saturated carbocycles. The van der Waals surface area contributed by atoms with Gasteiger partial charge in [-0.3, -0.25) is 37.3 Å². The summed E-state index contributed by atoms with van der Waals surface area (Å²) in [5, 5.41) is 10.7. The zero-order valence-corrected chi connectivity index (χ0v) is 71.4. The number of hydrogen-bond donors (Lipinski definition) is 3. The molecule has 0 fully saturated rings. The average Bonchev–Trinajstić information content (AvgIpc) is 0.901. The minimum atomic E-state index is -4.97. The van der Waals surface area contributed by atoms with Gasteiger partial charge in [0.1, 0.15) is 19.3 Å². The van der Waals surface area contributed by atoms with Crippen LogP contribution in [0.2, 0.25) is 0 Å². The van der Waals surface area contributed by atoms with E-state index < -0.39 is 97.5 Å². The molecule has 3 unspecified atom stereocenters. The Morgan fingerprint density at radius 1 is 0.264 bits per heavy atom. The predicted octanol–water partition coefficient (Wildman–Crippen LogP) is 26.8. The molecule has 0 saturated heterocycles. The number of hydrogen-bond acceptors (Lipinski definition) is 15. The molecule has 0 aliphatic rings. The van der Waals surface area contributed by atoms with Crippen molar-refractivity contribution in [1.82, 2.24) is 0 Å². The SMILES string of the molecule is CCCCCCCCCCCCCCCCCCCCCCCCC(=O)O[C@H](COC(=O)CCCCCCCCCCCCCCCCCCC)COP(=O)(O)OC[C@@H](O)COP(=O)(O)OC[C@@H](COC(=O)CCCCCCCCC(C)CC)OC(=O)CCCCCCCCCCCCCCCCCCC. The number of phosphoric ester groups is 2. The maximum atomic E-state index is 13.2. The first-order chi connectivity index (χ1) is 51.6. The van der Waals surface area contributed by atoms with Crippen LogP contribution >= 0.6 is 15.6 Å². The van der Waals surface area contributed by atoms with E-state index in [0.29, 0.717) is 25.7 Å². The second-order valence-electron chi connectivity index (χ2n) is 31.5. The van der Waals surface area contributed by atoms with Crippen molar-refractivity contribution in [2.75, 3.05) is 39.6 Å². The number of ether oxygens (including phenoxy) is 4.